The van der Waals surface area contributed by atoms with Crippen LogP contribution < -0.4 is 10.6 Å². The minimum absolute atomic E-state index is 0. The second kappa shape index (κ2) is 10.8. The van der Waals surface area contributed by atoms with Gasteiger partial charge in [0.1, 0.15) is 0 Å². The van der Waals surface area contributed by atoms with Gasteiger partial charge < -0.3 is 15.5 Å². The maximum absolute atomic E-state index is 6.37. The lowest BCUT2D eigenvalue weighted by atomic mass is 10.1. The maximum atomic E-state index is 6.37. The van der Waals surface area contributed by atoms with Gasteiger partial charge in [-0.25, -0.2) is 4.98 Å². The molecular weight excluding hydrogens is 519 g/mol. The van der Waals surface area contributed by atoms with Gasteiger partial charge in [-0.15, -0.1) is 35.3 Å². The molecule has 29 heavy (non-hydrogen) atoms. The summed E-state index contributed by atoms with van der Waals surface area (Å²) >= 11 is 7.92. The molecule has 4 rings (SSSR count). The Morgan fingerprint density at radius 2 is 1.93 bits per heavy atom. The number of piperazine rings is 1. The van der Waals surface area contributed by atoms with Crippen LogP contribution in [0, 0.1) is 0 Å². The minimum atomic E-state index is 0. The molecule has 2 aromatic rings. The van der Waals surface area contributed by atoms with Crippen molar-refractivity contribution in [3.63, 3.8) is 0 Å². The number of nitrogens with zero attached hydrogens (tertiary/aromatic N) is 5. The van der Waals surface area contributed by atoms with Crippen LogP contribution in [0.2, 0.25) is 5.02 Å². The molecule has 1 unspecified atom stereocenters. The lowest BCUT2D eigenvalue weighted by Gasteiger charge is -2.35. The highest BCUT2D eigenvalue weighted by Gasteiger charge is 2.24. The number of hydrogen-bond donors (Lipinski definition) is 1. The van der Waals surface area contributed by atoms with Crippen LogP contribution in [-0.2, 0) is 0 Å². The average molecular weight is 547 g/mol. The fourth-order valence-electron chi connectivity index (χ4n) is 3.98. The van der Waals surface area contributed by atoms with Crippen LogP contribution >= 0.6 is 46.9 Å². The summed E-state index contributed by atoms with van der Waals surface area (Å²) in [5, 5.41) is 3.88. The van der Waals surface area contributed by atoms with E-state index in [4.69, 9.17) is 22.3 Å². The predicted molar refractivity (Wildman–Crippen MR) is 133 cm³/mol. The Morgan fingerprint density at radius 1 is 1.17 bits per heavy atom. The summed E-state index contributed by atoms with van der Waals surface area (Å²) in [7, 11) is 0. The molecule has 0 aliphatic carbocycles. The van der Waals surface area contributed by atoms with E-state index in [9.17, 15) is 0 Å². The van der Waals surface area contributed by atoms with E-state index in [2.05, 4.69) is 31.8 Å². The third-order valence-corrected chi connectivity index (χ3v) is 6.60. The van der Waals surface area contributed by atoms with Gasteiger partial charge in [0, 0.05) is 42.8 Å². The Kier molecular flexibility index (Phi) is 8.40. The lowest BCUT2D eigenvalue weighted by molar-refractivity contribution is 0.251. The molecule has 9 heteroatoms. The summed E-state index contributed by atoms with van der Waals surface area (Å²) in [6, 6.07) is 8.38. The van der Waals surface area contributed by atoms with Gasteiger partial charge in [0.2, 0.25) is 0 Å². The molecule has 6 nitrogen and oxygen atoms in total. The molecule has 1 aromatic carbocycles. The van der Waals surface area contributed by atoms with Gasteiger partial charge in [0.15, 0.2) is 11.1 Å². The molecule has 2 N–H and O–H groups in total. The normalized spacial score (nSPS) is 19.3. The summed E-state index contributed by atoms with van der Waals surface area (Å²) in [5.41, 5.74) is 7.59. The van der Waals surface area contributed by atoms with Gasteiger partial charge >= 0.3 is 0 Å². The molecule has 2 aliphatic heterocycles. The van der Waals surface area contributed by atoms with E-state index in [-0.39, 0.29) is 30.0 Å². The Balaban J connectivity index is 0.00000240. The zero-order chi connectivity index (χ0) is 19.3. The second-order valence-corrected chi connectivity index (χ2v) is 8.61. The first-order valence-electron chi connectivity index (χ1n) is 9.89. The van der Waals surface area contributed by atoms with Crippen LogP contribution in [0.3, 0.4) is 0 Å². The Labute approximate surface area is 198 Å². The van der Waals surface area contributed by atoms with E-state index >= 15 is 0 Å². The first-order valence-corrected chi connectivity index (χ1v) is 11.2. The van der Waals surface area contributed by atoms with Crippen molar-refractivity contribution < 1.29 is 0 Å². The van der Waals surface area contributed by atoms with Crippen molar-refractivity contribution in [1.82, 2.24) is 14.8 Å². The summed E-state index contributed by atoms with van der Waals surface area (Å²) in [6.07, 6.45) is 4.35. The SMILES string of the molecule is I.NC(=NCC(c1cccc(Cl)c1)N1CCCC1)N1CCN(c2nccs2)CC1. The standard InChI is InChI=1S/C20H27ClN6S.HI/c21-17-5-3-4-16(14-17)18(25-7-1-2-8-25)15-24-19(22)26-9-11-27(12-10-26)20-23-6-13-28-20;/h3-6,13-14,18H,1-2,7-12,15H2,(H2,22,24);1H. The quantitative estimate of drug-likeness (QED) is 0.352. The zero-order valence-electron chi connectivity index (χ0n) is 16.4. The van der Waals surface area contributed by atoms with Crippen LogP contribution in [0.25, 0.3) is 0 Å². The van der Waals surface area contributed by atoms with Crippen molar-refractivity contribution in [2.75, 3.05) is 50.7 Å². The predicted octanol–water partition coefficient (Wildman–Crippen LogP) is 3.69. The molecule has 0 saturated carbocycles. The van der Waals surface area contributed by atoms with E-state index in [1.165, 1.54) is 18.4 Å². The van der Waals surface area contributed by atoms with Gasteiger partial charge in [-0.2, -0.15) is 0 Å². The smallest absolute Gasteiger partial charge is 0.191 e. The van der Waals surface area contributed by atoms with Gasteiger partial charge in [-0.3, -0.25) is 9.89 Å². The largest absolute Gasteiger partial charge is 0.370 e. The second-order valence-electron chi connectivity index (χ2n) is 7.30. The highest BCUT2D eigenvalue weighted by molar-refractivity contribution is 14.0. The van der Waals surface area contributed by atoms with Crippen molar-refractivity contribution in [1.29, 1.82) is 0 Å². The third kappa shape index (κ3) is 5.74. The van der Waals surface area contributed by atoms with Crippen molar-refractivity contribution >= 4 is 58.0 Å². The first kappa shape index (κ1) is 22.6. The molecule has 0 amide bonds. The average Bonchev–Trinajstić information content (AvgIpc) is 3.43. The van der Waals surface area contributed by atoms with Gasteiger partial charge in [-0.1, -0.05) is 23.7 Å². The fourth-order valence-corrected chi connectivity index (χ4v) is 4.87. The van der Waals surface area contributed by atoms with Gasteiger partial charge in [0.05, 0.1) is 12.6 Å². The zero-order valence-corrected chi connectivity index (χ0v) is 20.3. The number of rotatable bonds is 5. The topological polar surface area (TPSA) is 61.0 Å². The van der Waals surface area contributed by atoms with Crippen LogP contribution in [-0.4, -0.2) is 66.6 Å². The van der Waals surface area contributed by atoms with E-state index in [1.807, 2.05) is 23.7 Å². The molecular formula is C20H28ClIN6S. The molecule has 2 saturated heterocycles. The number of aromatic nitrogens is 1. The summed E-state index contributed by atoms with van der Waals surface area (Å²) in [4.78, 5) is 16.2. The van der Waals surface area contributed by atoms with Crippen molar-refractivity contribution in [3.05, 3.63) is 46.4 Å². The highest BCUT2D eigenvalue weighted by Crippen LogP contribution is 2.27. The molecule has 158 valence electrons. The Bertz CT molecular complexity index is 788. The third-order valence-electron chi connectivity index (χ3n) is 5.53. The fraction of sp³-hybridized carbons (Fsp3) is 0.500. The van der Waals surface area contributed by atoms with Crippen molar-refractivity contribution in [2.45, 2.75) is 18.9 Å². The highest BCUT2D eigenvalue weighted by atomic mass is 127. The molecule has 2 fully saturated rings. The number of hydrogen-bond acceptors (Lipinski definition) is 5. The first-order chi connectivity index (χ1) is 13.7. The summed E-state index contributed by atoms with van der Waals surface area (Å²) in [5.74, 6) is 0.644. The Morgan fingerprint density at radius 3 is 2.59 bits per heavy atom. The van der Waals surface area contributed by atoms with Gasteiger partial charge in [0.25, 0.3) is 0 Å². The van der Waals surface area contributed by atoms with Crippen molar-refractivity contribution in [3.8, 4) is 0 Å². The maximum Gasteiger partial charge on any atom is 0.191 e. The van der Waals surface area contributed by atoms with E-state index in [0.29, 0.717) is 12.5 Å². The minimum Gasteiger partial charge on any atom is -0.370 e. The Hall–Kier alpha value is -1.10. The van der Waals surface area contributed by atoms with Crippen LogP contribution in [0.5, 0.6) is 0 Å². The van der Waals surface area contributed by atoms with E-state index in [1.54, 1.807) is 11.3 Å². The number of thiazole rings is 1. The molecule has 1 atom stereocenters. The van der Waals surface area contributed by atoms with E-state index < -0.39 is 0 Å². The molecule has 1 aromatic heterocycles. The number of benzene rings is 1. The van der Waals surface area contributed by atoms with Crippen LogP contribution in [0.4, 0.5) is 5.13 Å². The summed E-state index contributed by atoms with van der Waals surface area (Å²) < 4.78 is 0. The lowest BCUT2D eigenvalue weighted by Crippen LogP contribution is -2.51. The number of nitrogens with two attached hydrogens (primary N) is 1. The molecule has 0 spiro atoms. The van der Waals surface area contributed by atoms with E-state index in [0.717, 1.165) is 49.4 Å². The number of likely N-dealkylation sites (tertiary alicyclic amines) is 1. The van der Waals surface area contributed by atoms with Crippen LogP contribution in [0.15, 0.2) is 40.8 Å². The molecule has 2 aliphatic rings. The van der Waals surface area contributed by atoms with Crippen LogP contribution in [0.1, 0.15) is 24.4 Å². The number of halogens is 2. The van der Waals surface area contributed by atoms with Crippen molar-refractivity contribution in [2.24, 2.45) is 10.7 Å². The number of aliphatic imine (C=N–C) groups is 1. The summed E-state index contributed by atoms with van der Waals surface area (Å²) in [6.45, 7) is 6.49. The molecule has 0 radical (unpaired) electrons. The molecule has 3 heterocycles. The monoisotopic (exact) mass is 546 g/mol. The van der Waals surface area contributed by atoms with Gasteiger partial charge in [-0.05, 0) is 43.6 Å². The molecule has 0 bridgehead atoms. The number of guanidine groups is 1. The number of anilines is 1.